The van der Waals surface area contributed by atoms with Crippen LogP contribution in [0.25, 0.3) is 0 Å². The van der Waals surface area contributed by atoms with Crippen molar-refractivity contribution in [2.45, 2.75) is 70.6 Å². The lowest BCUT2D eigenvalue weighted by Crippen LogP contribution is -2.24. The normalized spacial score (nSPS) is 13.5. The minimum atomic E-state index is 0.203. The van der Waals surface area contributed by atoms with Crippen LogP contribution >= 0.6 is 12.6 Å². The van der Waals surface area contributed by atoms with Crippen molar-refractivity contribution < 1.29 is 4.79 Å². The average Bonchev–Trinajstić information content (AvgIpc) is 3.00. The Morgan fingerprint density at radius 3 is 2.19 bits per heavy atom. The quantitative estimate of drug-likeness (QED) is 0.371. The molecule has 1 aliphatic carbocycles. The van der Waals surface area contributed by atoms with Gasteiger partial charge in [0.2, 0.25) is 5.91 Å². The van der Waals surface area contributed by atoms with Gasteiger partial charge in [0.1, 0.15) is 0 Å². The fourth-order valence-corrected chi connectivity index (χ4v) is 2.78. The predicted octanol–water partition coefficient (Wildman–Crippen LogP) is 4.82. The Bertz CT molecular complexity index is 336. The SMILES string of the molecule is O=C(CCCCCCCCCCCS)NCC1=CC=CC1. The molecular formula is C18H31NOS. The van der Waals surface area contributed by atoms with E-state index in [0.717, 1.165) is 25.1 Å². The number of allylic oxidation sites excluding steroid dienone is 3. The topological polar surface area (TPSA) is 29.1 Å². The summed E-state index contributed by atoms with van der Waals surface area (Å²) in [6, 6.07) is 0. The van der Waals surface area contributed by atoms with Gasteiger partial charge in [-0.2, -0.15) is 12.6 Å². The maximum Gasteiger partial charge on any atom is 0.220 e. The van der Waals surface area contributed by atoms with Crippen LogP contribution in [0.5, 0.6) is 0 Å². The summed E-state index contributed by atoms with van der Waals surface area (Å²) < 4.78 is 0. The van der Waals surface area contributed by atoms with E-state index in [9.17, 15) is 4.79 Å². The van der Waals surface area contributed by atoms with Gasteiger partial charge in [-0.05, 0) is 30.6 Å². The lowest BCUT2D eigenvalue weighted by Gasteiger charge is -2.06. The smallest absolute Gasteiger partial charge is 0.220 e. The molecule has 0 fully saturated rings. The van der Waals surface area contributed by atoms with Gasteiger partial charge < -0.3 is 5.32 Å². The van der Waals surface area contributed by atoms with Crippen molar-refractivity contribution in [1.29, 1.82) is 0 Å². The van der Waals surface area contributed by atoms with E-state index in [0.29, 0.717) is 6.42 Å². The molecule has 1 amide bonds. The molecule has 0 radical (unpaired) electrons. The van der Waals surface area contributed by atoms with E-state index in [1.54, 1.807) is 0 Å². The number of unbranched alkanes of at least 4 members (excludes halogenated alkanes) is 8. The maximum absolute atomic E-state index is 11.7. The Labute approximate surface area is 135 Å². The highest BCUT2D eigenvalue weighted by Gasteiger charge is 2.03. The molecule has 0 aromatic heterocycles. The summed E-state index contributed by atoms with van der Waals surface area (Å²) in [5.41, 5.74) is 1.31. The first-order valence-electron chi connectivity index (χ1n) is 8.55. The first-order valence-corrected chi connectivity index (χ1v) is 9.18. The van der Waals surface area contributed by atoms with Crippen LogP contribution in [-0.4, -0.2) is 18.2 Å². The van der Waals surface area contributed by atoms with Gasteiger partial charge in [-0.25, -0.2) is 0 Å². The van der Waals surface area contributed by atoms with E-state index in [4.69, 9.17) is 0 Å². The molecule has 0 aromatic rings. The van der Waals surface area contributed by atoms with E-state index in [2.05, 4.69) is 36.2 Å². The maximum atomic E-state index is 11.7. The fourth-order valence-electron chi connectivity index (χ4n) is 2.56. The Balaban J connectivity index is 1.80. The third-order valence-corrected chi connectivity index (χ3v) is 4.24. The Morgan fingerprint density at radius 2 is 1.62 bits per heavy atom. The van der Waals surface area contributed by atoms with E-state index < -0.39 is 0 Å². The van der Waals surface area contributed by atoms with Crippen LogP contribution in [0.4, 0.5) is 0 Å². The molecule has 3 heteroatoms. The molecule has 0 saturated carbocycles. The zero-order valence-corrected chi connectivity index (χ0v) is 14.2. The van der Waals surface area contributed by atoms with Crippen LogP contribution < -0.4 is 5.32 Å². The van der Waals surface area contributed by atoms with Crippen LogP contribution in [0.15, 0.2) is 23.8 Å². The molecule has 0 spiro atoms. The summed E-state index contributed by atoms with van der Waals surface area (Å²) in [5.74, 6) is 1.23. The van der Waals surface area contributed by atoms with Crippen molar-refractivity contribution in [1.82, 2.24) is 5.32 Å². The molecule has 2 nitrogen and oxygen atoms in total. The molecule has 1 N–H and O–H groups in total. The van der Waals surface area contributed by atoms with E-state index in [1.807, 2.05) is 0 Å². The lowest BCUT2D eigenvalue weighted by molar-refractivity contribution is -0.121. The lowest BCUT2D eigenvalue weighted by atomic mass is 10.1. The van der Waals surface area contributed by atoms with Gasteiger partial charge in [0, 0.05) is 13.0 Å². The largest absolute Gasteiger partial charge is 0.352 e. The summed E-state index contributed by atoms with van der Waals surface area (Å²) in [6.07, 6.45) is 19.4. The summed E-state index contributed by atoms with van der Waals surface area (Å²) in [7, 11) is 0. The summed E-state index contributed by atoms with van der Waals surface area (Å²) >= 11 is 4.22. The van der Waals surface area contributed by atoms with Crippen molar-refractivity contribution in [2.75, 3.05) is 12.3 Å². The van der Waals surface area contributed by atoms with Gasteiger partial charge in [0.25, 0.3) is 0 Å². The number of carbonyl (C=O) groups is 1. The van der Waals surface area contributed by atoms with E-state index >= 15 is 0 Å². The fraction of sp³-hybridized carbons (Fsp3) is 0.722. The molecule has 0 bridgehead atoms. The van der Waals surface area contributed by atoms with Crippen LogP contribution in [-0.2, 0) is 4.79 Å². The molecule has 1 aliphatic rings. The zero-order chi connectivity index (χ0) is 15.2. The summed E-state index contributed by atoms with van der Waals surface area (Å²) in [6.45, 7) is 0.720. The molecule has 120 valence electrons. The highest BCUT2D eigenvalue weighted by atomic mass is 32.1. The van der Waals surface area contributed by atoms with Crippen LogP contribution in [0.2, 0.25) is 0 Å². The molecule has 0 heterocycles. The third kappa shape index (κ3) is 10.6. The molecule has 21 heavy (non-hydrogen) atoms. The van der Waals surface area contributed by atoms with Gasteiger partial charge in [0.15, 0.2) is 0 Å². The number of rotatable bonds is 13. The first-order chi connectivity index (χ1) is 10.3. The van der Waals surface area contributed by atoms with Gasteiger partial charge in [0.05, 0.1) is 0 Å². The second kappa shape index (κ2) is 13.0. The minimum Gasteiger partial charge on any atom is -0.352 e. The number of nitrogens with one attached hydrogen (secondary N) is 1. The van der Waals surface area contributed by atoms with Gasteiger partial charge >= 0.3 is 0 Å². The summed E-state index contributed by atoms with van der Waals surface area (Å²) in [4.78, 5) is 11.7. The van der Waals surface area contributed by atoms with Gasteiger partial charge in [-0.1, -0.05) is 63.2 Å². The zero-order valence-electron chi connectivity index (χ0n) is 13.3. The first kappa shape index (κ1) is 18.3. The van der Waals surface area contributed by atoms with Crippen LogP contribution in [0.1, 0.15) is 70.6 Å². The van der Waals surface area contributed by atoms with Crippen LogP contribution in [0, 0.1) is 0 Å². The summed E-state index contributed by atoms with van der Waals surface area (Å²) in [5, 5.41) is 3.00. The average molecular weight is 310 g/mol. The standard InChI is InChI=1S/C18H31NOS/c20-18(19-16-17-12-9-10-13-17)14-8-6-4-2-1-3-5-7-11-15-21/h9-10,12,21H,1-8,11,13-16H2,(H,19,20). The Hall–Kier alpha value is -0.700. The highest BCUT2D eigenvalue weighted by molar-refractivity contribution is 7.80. The van der Waals surface area contributed by atoms with Crippen molar-refractivity contribution >= 4 is 18.5 Å². The second-order valence-electron chi connectivity index (χ2n) is 5.89. The van der Waals surface area contributed by atoms with E-state index in [-0.39, 0.29) is 5.91 Å². The van der Waals surface area contributed by atoms with Crippen molar-refractivity contribution in [2.24, 2.45) is 0 Å². The van der Waals surface area contributed by atoms with Gasteiger partial charge in [-0.3, -0.25) is 4.79 Å². The van der Waals surface area contributed by atoms with E-state index in [1.165, 1.54) is 56.9 Å². The Kier molecular flexibility index (Phi) is 11.4. The molecule has 1 rings (SSSR count). The second-order valence-corrected chi connectivity index (χ2v) is 6.34. The van der Waals surface area contributed by atoms with Crippen LogP contribution in [0.3, 0.4) is 0 Å². The van der Waals surface area contributed by atoms with Crippen molar-refractivity contribution in [3.05, 3.63) is 23.8 Å². The molecular weight excluding hydrogens is 278 g/mol. The monoisotopic (exact) mass is 309 g/mol. The Morgan fingerprint density at radius 1 is 1.00 bits per heavy atom. The molecule has 0 unspecified atom stereocenters. The van der Waals surface area contributed by atoms with Gasteiger partial charge in [-0.15, -0.1) is 0 Å². The highest BCUT2D eigenvalue weighted by Crippen LogP contribution is 2.11. The number of hydrogen-bond donors (Lipinski definition) is 2. The van der Waals surface area contributed by atoms with Crippen molar-refractivity contribution in [3.63, 3.8) is 0 Å². The number of thiol groups is 1. The molecule has 0 aliphatic heterocycles. The molecule has 0 aromatic carbocycles. The third-order valence-electron chi connectivity index (χ3n) is 3.92. The van der Waals surface area contributed by atoms with Crippen molar-refractivity contribution in [3.8, 4) is 0 Å². The molecule has 0 atom stereocenters. The molecule has 0 saturated heterocycles. The number of carbonyl (C=O) groups excluding carboxylic acids is 1. The minimum absolute atomic E-state index is 0.203. The predicted molar refractivity (Wildman–Crippen MR) is 94.9 cm³/mol. The number of hydrogen-bond acceptors (Lipinski definition) is 2. The number of amides is 1.